The van der Waals surface area contributed by atoms with Crippen LogP contribution in [0.5, 0.6) is 0 Å². The van der Waals surface area contributed by atoms with Crippen molar-refractivity contribution in [1.82, 2.24) is 24.7 Å². The maximum Gasteiger partial charge on any atom is 0.140 e. The molecule has 0 radical (unpaired) electrons. The van der Waals surface area contributed by atoms with Crippen LogP contribution in [0, 0.1) is 5.92 Å². The molecule has 7 heteroatoms. The van der Waals surface area contributed by atoms with Gasteiger partial charge in [-0.2, -0.15) is 5.10 Å². The summed E-state index contributed by atoms with van der Waals surface area (Å²) in [5.41, 5.74) is 1.23. The van der Waals surface area contributed by atoms with E-state index in [2.05, 4.69) is 55.3 Å². The van der Waals surface area contributed by atoms with Crippen molar-refractivity contribution in [3.05, 3.63) is 55.4 Å². The number of piperidine rings is 1. The van der Waals surface area contributed by atoms with E-state index in [4.69, 9.17) is 0 Å². The van der Waals surface area contributed by atoms with Crippen LogP contribution in [0.3, 0.4) is 0 Å². The van der Waals surface area contributed by atoms with Gasteiger partial charge in [0.2, 0.25) is 0 Å². The molecule has 3 aromatic heterocycles. The van der Waals surface area contributed by atoms with Gasteiger partial charge >= 0.3 is 0 Å². The highest BCUT2D eigenvalue weighted by molar-refractivity contribution is 7.21. The zero-order chi connectivity index (χ0) is 18.1. The lowest BCUT2D eigenvalue weighted by atomic mass is 9.98. The predicted octanol–water partition coefficient (Wildman–Crippen LogP) is 3.87. The maximum atomic E-state index is 4.66. The molecule has 0 bridgehead atoms. The fourth-order valence-corrected chi connectivity index (χ4v) is 4.84. The first-order valence-electron chi connectivity index (χ1n) is 9.24. The van der Waals surface area contributed by atoms with Gasteiger partial charge in [0.15, 0.2) is 0 Å². The standard InChI is InChI=1S/C20H20N6S/c1-2-6-16(7-3-1)18-9-17-19(22-13-23-20(17)27-18)25-8-4-5-15(10-25)11-26-14-21-12-24-26/h1-3,6-7,9,12-15H,4-5,8,10-11H2. The van der Waals surface area contributed by atoms with Gasteiger partial charge in [-0.05, 0) is 30.4 Å². The SMILES string of the molecule is c1ccc(-c2cc3c(N4CCCC(Cn5cncn5)C4)ncnc3s2)cc1. The molecule has 1 unspecified atom stereocenters. The van der Waals surface area contributed by atoms with Crippen molar-refractivity contribution in [1.29, 1.82) is 0 Å². The summed E-state index contributed by atoms with van der Waals surface area (Å²) >= 11 is 1.73. The molecule has 1 saturated heterocycles. The molecular formula is C20H20N6S. The number of thiophene rings is 1. The molecule has 0 saturated carbocycles. The van der Waals surface area contributed by atoms with Gasteiger partial charge in [0.25, 0.3) is 0 Å². The van der Waals surface area contributed by atoms with Crippen LogP contribution < -0.4 is 4.90 Å². The monoisotopic (exact) mass is 376 g/mol. The number of anilines is 1. The largest absolute Gasteiger partial charge is 0.356 e. The van der Waals surface area contributed by atoms with Crippen LogP contribution in [0.2, 0.25) is 0 Å². The third-order valence-corrected chi connectivity index (χ3v) is 6.19. The van der Waals surface area contributed by atoms with E-state index >= 15 is 0 Å². The van der Waals surface area contributed by atoms with E-state index in [0.29, 0.717) is 5.92 Å². The fourth-order valence-electron chi connectivity index (χ4n) is 3.84. The maximum absolute atomic E-state index is 4.66. The molecule has 4 aromatic rings. The number of fused-ring (bicyclic) bond motifs is 1. The number of benzene rings is 1. The first-order chi connectivity index (χ1) is 13.4. The Labute approximate surface area is 161 Å². The minimum absolute atomic E-state index is 0.553. The molecule has 0 spiro atoms. The number of rotatable bonds is 4. The minimum Gasteiger partial charge on any atom is -0.356 e. The third-order valence-electron chi connectivity index (χ3n) is 5.10. The van der Waals surface area contributed by atoms with Crippen LogP contribution in [-0.4, -0.2) is 37.8 Å². The molecule has 1 aliphatic heterocycles. The Hall–Kier alpha value is -2.80. The van der Waals surface area contributed by atoms with Crippen LogP contribution in [-0.2, 0) is 6.54 Å². The second-order valence-corrected chi connectivity index (χ2v) is 8.00. The van der Waals surface area contributed by atoms with Gasteiger partial charge in [0, 0.05) is 24.5 Å². The average Bonchev–Trinajstić information content (AvgIpc) is 3.38. The van der Waals surface area contributed by atoms with Crippen LogP contribution in [0.4, 0.5) is 5.82 Å². The van der Waals surface area contributed by atoms with E-state index in [0.717, 1.165) is 35.7 Å². The second-order valence-electron chi connectivity index (χ2n) is 6.96. The smallest absolute Gasteiger partial charge is 0.140 e. The molecule has 1 fully saturated rings. The van der Waals surface area contributed by atoms with Crippen LogP contribution >= 0.6 is 11.3 Å². The van der Waals surface area contributed by atoms with Crippen molar-refractivity contribution < 1.29 is 0 Å². The van der Waals surface area contributed by atoms with Crippen molar-refractivity contribution in [3.63, 3.8) is 0 Å². The molecule has 0 aliphatic carbocycles. The van der Waals surface area contributed by atoms with E-state index in [1.807, 2.05) is 10.7 Å². The van der Waals surface area contributed by atoms with E-state index in [-0.39, 0.29) is 0 Å². The molecule has 5 rings (SSSR count). The lowest BCUT2D eigenvalue weighted by Gasteiger charge is -2.33. The summed E-state index contributed by atoms with van der Waals surface area (Å²) in [6.45, 7) is 2.93. The Bertz CT molecular complexity index is 1030. The van der Waals surface area contributed by atoms with Crippen molar-refractivity contribution in [2.75, 3.05) is 18.0 Å². The molecule has 136 valence electrons. The summed E-state index contributed by atoms with van der Waals surface area (Å²) in [5, 5.41) is 5.41. The first kappa shape index (κ1) is 16.4. The number of hydrogen-bond acceptors (Lipinski definition) is 6. The van der Waals surface area contributed by atoms with Gasteiger partial charge in [-0.1, -0.05) is 30.3 Å². The van der Waals surface area contributed by atoms with E-state index < -0.39 is 0 Å². The first-order valence-corrected chi connectivity index (χ1v) is 10.1. The van der Waals surface area contributed by atoms with E-state index in [1.54, 1.807) is 30.3 Å². The highest BCUT2D eigenvalue weighted by Crippen LogP contribution is 2.37. The lowest BCUT2D eigenvalue weighted by Crippen LogP contribution is -2.37. The molecule has 6 nitrogen and oxygen atoms in total. The normalized spacial score (nSPS) is 17.5. The Morgan fingerprint density at radius 3 is 2.89 bits per heavy atom. The molecule has 27 heavy (non-hydrogen) atoms. The lowest BCUT2D eigenvalue weighted by molar-refractivity contribution is 0.351. The van der Waals surface area contributed by atoms with Gasteiger partial charge in [0.1, 0.15) is 29.6 Å². The molecular weight excluding hydrogens is 356 g/mol. The number of aromatic nitrogens is 5. The Morgan fingerprint density at radius 1 is 1.11 bits per heavy atom. The minimum atomic E-state index is 0.553. The van der Waals surface area contributed by atoms with Gasteiger partial charge in [0.05, 0.1) is 5.39 Å². The third kappa shape index (κ3) is 3.30. The number of hydrogen-bond donors (Lipinski definition) is 0. The summed E-state index contributed by atoms with van der Waals surface area (Å²) in [6, 6.07) is 12.7. The van der Waals surface area contributed by atoms with Gasteiger partial charge in [-0.25, -0.2) is 15.0 Å². The Kier molecular flexibility index (Phi) is 4.29. The summed E-state index contributed by atoms with van der Waals surface area (Å²) in [5.74, 6) is 1.61. The predicted molar refractivity (Wildman–Crippen MR) is 108 cm³/mol. The molecule has 4 heterocycles. The zero-order valence-electron chi connectivity index (χ0n) is 14.9. The van der Waals surface area contributed by atoms with Gasteiger partial charge in [-0.3, -0.25) is 4.68 Å². The quantitative estimate of drug-likeness (QED) is 0.541. The summed E-state index contributed by atoms with van der Waals surface area (Å²) in [7, 11) is 0. The highest BCUT2D eigenvalue weighted by atomic mass is 32.1. The summed E-state index contributed by atoms with van der Waals surface area (Å²) in [6.07, 6.45) is 7.48. The van der Waals surface area contributed by atoms with Crippen molar-refractivity contribution in [3.8, 4) is 10.4 Å². The van der Waals surface area contributed by atoms with Gasteiger partial charge < -0.3 is 4.90 Å². The second kappa shape index (κ2) is 7.08. The summed E-state index contributed by atoms with van der Waals surface area (Å²) < 4.78 is 1.93. The summed E-state index contributed by atoms with van der Waals surface area (Å²) in [4.78, 5) is 17.9. The van der Waals surface area contributed by atoms with Crippen molar-refractivity contribution >= 4 is 27.4 Å². The van der Waals surface area contributed by atoms with E-state index in [1.165, 1.54) is 23.3 Å². The van der Waals surface area contributed by atoms with E-state index in [9.17, 15) is 0 Å². The van der Waals surface area contributed by atoms with Gasteiger partial charge in [-0.15, -0.1) is 11.3 Å². The van der Waals surface area contributed by atoms with Crippen molar-refractivity contribution in [2.24, 2.45) is 5.92 Å². The molecule has 1 aromatic carbocycles. The van der Waals surface area contributed by atoms with Crippen LogP contribution in [0.15, 0.2) is 55.4 Å². The molecule has 1 aliphatic rings. The average molecular weight is 376 g/mol. The molecule has 0 N–H and O–H groups in total. The fraction of sp³-hybridized carbons (Fsp3) is 0.300. The Balaban J connectivity index is 1.44. The van der Waals surface area contributed by atoms with Crippen molar-refractivity contribution in [2.45, 2.75) is 19.4 Å². The van der Waals surface area contributed by atoms with Crippen LogP contribution in [0.25, 0.3) is 20.7 Å². The molecule has 0 amide bonds. The topological polar surface area (TPSA) is 59.7 Å². The number of nitrogens with zero attached hydrogens (tertiary/aromatic N) is 6. The zero-order valence-corrected chi connectivity index (χ0v) is 15.7. The molecule has 1 atom stereocenters. The Morgan fingerprint density at radius 2 is 2.04 bits per heavy atom. The highest BCUT2D eigenvalue weighted by Gasteiger charge is 2.23. The van der Waals surface area contributed by atoms with Crippen LogP contribution in [0.1, 0.15) is 12.8 Å².